The maximum absolute atomic E-state index is 11.8. The topological polar surface area (TPSA) is 83.7 Å². The summed E-state index contributed by atoms with van der Waals surface area (Å²) >= 11 is 0. The van der Waals surface area contributed by atoms with E-state index in [0.29, 0.717) is 18.8 Å². The monoisotopic (exact) mass is 270 g/mol. The Bertz CT molecular complexity index is 388. The number of aliphatic hydroxyl groups excluding tert-OH is 1. The van der Waals surface area contributed by atoms with Crippen molar-refractivity contribution in [3.05, 3.63) is 23.7 Å². The molecule has 0 saturated carbocycles. The Kier molecular flexibility index (Phi) is 6.38. The van der Waals surface area contributed by atoms with E-state index >= 15 is 0 Å². The number of carbonyl (C=O) groups is 1. The maximum Gasteiger partial charge on any atom is 0.315 e. The first kappa shape index (κ1) is 15.5. The first-order valence-corrected chi connectivity index (χ1v) is 6.33. The van der Waals surface area contributed by atoms with Gasteiger partial charge in [0.05, 0.1) is 19.3 Å². The minimum atomic E-state index is -0.352. The Labute approximate surface area is 113 Å². The molecular weight excluding hydrogens is 248 g/mol. The number of carbonyl (C=O) groups excluding carboxylic acids is 1. The molecule has 0 fully saturated rings. The number of hydrogen-bond donors (Lipinski definition) is 3. The Balaban J connectivity index is 2.60. The van der Waals surface area contributed by atoms with Gasteiger partial charge < -0.3 is 24.9 Å². The first-order chi connectivity index (χ1) is 9.10. The molecule has 0 aliphatic heterocycles. The standard InChI is InChI=1S/C13H22N2O4/c1-4-10(7-16)14-13(17)15-11(8-18-3)12-6-5-9(2)19-12/h5-6,10-11,16H,4,7-8H2,1-3H3,(H2,14,15,17). The third-order valence-corrected chi connectivity index (χ3v) is 2.79. The fraction of sp³-hybridized carbons (Fsp3) is 0.615. The van der Waals surface area contributed by atoms with Crippen molar-refractivity contribution < 1.29 is 19.1 Å². The first-order valence-electron chi connectivity index (χ1n) is 6.33. The molecule has 0 spiro atoms. The number of rotatable bonds is 7. The zero-order chi connectivity index (χ0) is 14.3. The number of hydrogen-bond acceptors (Lipinski definition) is 4. The minimum Gasteiger partial charge on any atom is -0.464 e. The Morgan fingerprint density at radius 3 is 2.68 bits per heavy atom. The molecule has 0 saturated heterocycles. The lowest BCUT2D eigenvalue weighted by atomic mass is 10.2. The molecule has 6 nitrogen and oxygen atoms in total. The quantitative estimate of drug-likeness (QED) is 0.698. The Hall–Kier alpha value is -1.53. The Morgan fingerprint density at radius 2 is 2.21 bits per heavy atom. The van der Waals surface area contributed by atoms with Crippen molar-refractivity contribution in [1.29, 1.82) is 0 Å². The summed E-state index contributed by atoms with van der Waals surface area (Å²) in [5, 5.41) is 14.5. The third-order valence-electron chi connectivity index (χ3n) is 2.79. The molecule has 0 radical (unpaired) electrons. The van der Waals surface area contributed by atoms with E-state index in [4.69, 9.17) is 14.3 Å². The van der Waals surface area contributed by atoms with Crippen molar-refractivity contribution in [3.63, 3.8) is 0 Å². The molecule has 2 unspecified atom stereocenters. The van der Waals surface area contributed by atoms with Crippen LogP contribution in [0.1, 0.15) is 30.9 Å². The van der Waals surface area contributed by atoms with Gasteiger partial charge in [-0.3, -0.25) is 0 Å². The van der Waals surface area contributed by atoms with Crippen molar-refractivity contribution in [2.75, 3.05) is 20.3 Å². The zero-order valence-corrected chi connectivity index (χ0v) is 11.6. The maximum atomic E-state index is 11.8. The van der Waals surface area contributed by atoms with Gasteiger partial charge in [0.15, 0.2) is 0 Å². The molecule has 1 heterocycles. The van der Waals surface area contributed by atoms with Crippen LogP contribution in [0.5, 0.6) is 0 Å². The predicted octanol–water partition coefficient (Wildman–Crippen LogP) is 1.35. The smallest absolute Gasteiger partial charge is 0.315 e. The van der Waals surface area contributed by atoms with Crippen LogP contribution in [-0.4, -0.2) is 37.5 Å². The van der Waals surface area contributed by atoms with E-state index in [9.17, 15) is 4.79 Å². The van der Waals surface area contributed by atoms with Crippen LogP contribution in [0.4, 0.5) is 4.79 Å². The number of aliphatic hydroxyl groups is 1. The molecular formula is C13H22N2O4. The Morgan fingerprint density at radius 1 is 1.47 bits per heavy atom. The van der Waals surface area contributed by atoms with E-state index in [-0.39, 0.29) is 24.7 Å². The number of aryl methyl sites for hydroxylation is 1. The molecule has 1 aromatic rings. The van der Waals surface area contributed by atoms with Crippen molar-refractivity contribution in [2.45, 2.75) is 32.4 Å². The van der Waals surface area contributed by atoms with Crippen LogP contribution >= 0.6 is 0 Å². The van der Waals surface area contributed by atoms with E-state index in [1.165, 1.54) is 0 Å². The van der Waals surface area contributed by atoms with Crippen LogP contribution in [0.15, 0.2) is 16.5 Å². The molecule has 108 valence electrons. The van der Waals surface area contributed by atoms with Crippen LogP contribution in [-0.2, 0) is 4.74 Å². The molecule has 1 aromatic heterocycles. The van der Waals surface area contributed by atoms with Gasteiger partial charge in [0, 0.05) is 7.11 Å². The third kappa shape index (κ3) is 4.92. The largest absolute Gasteiger partial charge is 0.464 e. The zero-order valence-electron chi connectivity index (χ0n) is 11.6. The summed E-state index contributed by atoms with van der Waals surface area (Å²) in [6.07, 6.45) is 0.665. The second-order valence-corrected chi connectivity index (χ2v) is 4.36. The number of methoxy groups -OCH3 is 1. The molecule has 6 heteroatoms. The van der Waals surface area contributed by atoms with E-state index < -0.39 is 0 Å². The number of ether oxygens (including phenoxy) is 1. The van der Waals surface area contributed by atoms with Gasteiger partial charge in [0.25, 0.3) is 0 Å². The summed E-state index contributed by atoms with van der Waals surface area (Å²) in [5.74, 6) is 1.42. The SMILES string of the molecule is CCC(CO)NC(=O)NC(COC)c1ccc(C)o1. The highest BCUT2D eigenvalue weighted by atomic mass is 16.5. The van der Waals surface area contributed by atoms with Crippen LogP contribution < -0.4 is 10.6 Å². The van der Waals surface area contributed by atoms with Gasteiger partial charge in [-0.05, 0) is 25.5 Å². The highest BCUT2D eigenvalue weighted by Crippen LogP contribution is 2.16. The van der Waals surface area contributed by atoms with Gasteiger partial charge in [-0.15, -0.1) is 0 Å². The van der Waals surface area contributed by atoms with E-state index in [0.717, 1.165) is 5.76 Å². The highest BCUT2D eigenvalue weighted by molar-refractivity contribution is 5.74. The van der Waals surface area contributed by atoms with Gasteiger partial charge in [-0.1, -0.05) is 6.92 Å². The molecule has 0 aliphatic carbocycles. The average Bonchev–Trinajstić information content (AvgIpc) is 2.82. The summed E-state index contributed by atoms with van der Waals surface area (Å²) in [7, 11) is 1.56. The van der Waals surface area contributed by atoms with Crippen molar-refractivity contribution >= 4 is 6.03 Å². The lowest BCUT2D eigenvalue weighted by Gasteiger charge is -2.19. The lowest BCUT2D eigenvalue weighted by Crippen LogP contribution is -2.45. The van der Waals surface area contributed by atoms with Crippen molar-refractivity contribution in [3.8, 4) is 0 Å². The van der Waals surface area contributed by atoms with E-state index in [1.54, 1.807) is 7.11 Å². The molecule has 0 aromatic carbocycles. The fourth-order valence-electron chi connectivity index (χ4n) is 1.66. The molecule has 2 amide bonds. The summed E-state index contributed by atoms with van der Waals surface area (Å²) in [6, 6.07) is 2.69. The average molecular weight is 270 g/mol. The molecule has 2 atom stereocenters. The number of furan rings is 1. The van der Waals surface area contributed by atoms with Crippen molar-refractivity contribution in [2.24, 2.45) is 0 Å². The summed E-state index contributed by atoms with van der Waals surface area (Å²) in [6.45, 7) is 3.96. The van der Waals surface area contributed by atoms with Gasteiger partial charge in [-0.25, -0.2) is 4.79 Å². The van der Waals surface area contributed by atoms with E-state index in [1.807, 2.05) is 26.0 Å². The predicted molar refractivity (Wildman–Crippen MR) is 70.9 cm³/mol. The number of nitrogens with one attached hydrogen (secondary N) is 2. The van der Waals surface area contributed by atoms with Crippen molar-refractivity contribution in [1.82, 2.24) is 10.6 Å². The fourth-order valence-corrected chi connectivity index (χ4v) is 1.66. The molecule has 19 heavy (non-hydrogen) atoms. The van der Waals surface area contributed by atoms with E-state index in [2.05, 4.69) is 10.6 Å². The molecule has 0 aliphatic rings. The van der Waals surface area contributed by atoms with Crippen LogP contribution in [0.2, 0.25) is 0 Å². The molecule has 3 N–H and O–H groups in total. The summed E-state index contributed by atoms with van der Waals surface area (Å²) in [5.41, 5.74) is 0. The van der Waals surface area contributed by atoms with Gasteiger partial charge in [0.1, 0.15) is 17.6 Å². The normalized spacial score (nSPS) is 13.9. The van der Waals surface area contributed by atoms with Gasteiger partial charge in [-0.2, -0.15) is 0 Å². The van der Waals surface area contributed by atoms with Gasteiger partial charge in [0.2, 0.25) is 0 Å². The number of urea groups is 1. The summed E-state index contributed by atoms with van der Waals surface area (Å²) in [4.78, 5) is 11.8. The minimum absolute atomic E-state index is 0.0846. The highest BCUT2D eigenvalue weighted by Gasteiger charge is 2.19. The summed E-state index contributed by atoms with van der Waals surface area (Å²) < 4.78 is 10.6. The number of amides is 2. The second-order valence-electron chi connectivity index (χ2n) is 4.36. The second kappa shape index (κ2) is 7.81. The lowest BCUT2D eigenvalue weighted by molar-refractivity contribution is 0.154. The van der Waals surface area contributed by atoms with Gasteiger partial charge >= 0.3 is 6.03 Å². The molecule has 1 rings (SSSR count). The van der Waals surface area contributed by atoms with Crippen LogP contribution in [0, 0.1) is 6.92 Å². The molecule has 0 bridgehead atoms. The van der Waals surface area contributed by atoms with Crippen LogP contribution in [0.25, 0.3) is 0 Å². The van der Waals surface area contributed by atoms with Crippen LogP contribution in [0.3, 0.4) is 0 Å².